The lowest BCUT2D eigenvalue weighted by molar-refractivity contribution is -0.166. The van der Waals surface area contributed by atoms with Crippen molar-refractivity contribution in [1.29, 1.82) is 0 Å². The predicted molar refractivity (Wildman–Crippen MR) is 142 cm³/mol. The van der Waals surface area contributed by atoms with Crippen LogP contribution in [0.3, 0.4) is 0 Å². The molecule has 11 heteroatoms. The molecule has 38 heavy (non-hydrogen) atoms. The fourth-order valence-electron chi connectivity index (χ4n) is 4.64. The lowest BCUT2D eigenvalue weighted by Gasteiger charge is -2.43. The van der Waals surface area contributed by atoms with Crippen molar-refractivity contribution in [3.05, 3.63) is 40.6 Å². The van der Waals surface area contributed by atoms with Crippen LogP contribution in [0.15, 0.2) is 22.6 Å². The molecule has 0 bridgehead atoms. The molecule has 2 saturated heterocycles. The molecule has 0 unspecified atom stereocenters. The minimum atomic E-state index is -0.961. The summed E-state index contributed by atoms with van der Waals surface area (Å²) in [5, 5.41) is 8.76. The number of aromatic nitrogens is 2. The maximum absolute atomic E-state index is 13.4. The minimum absolute atomic E-state index is 0.00959. The second kappa shape index (κ2) is 12.4. The van der Waals surface area contributed by atoms with Gasteiger partial charge < -0.3 is 28.6 Å². The molecule has 4 rings (SSSR count). The van der Waals surface area contributed by atoms with Crippen LogP contribution in [-0.2, 0) is 20.7 Å². The van der Waals surface area contributed by atoms with E-state index in [0.29, 0.717) is 55.2 Å². The first-order valence-electron chi connectivity index (χ1n) is 13.2. The standard InChI is InChI=1S/C27H38ClN5O5/c1-19(2)26-30-29-23(38-26)7-8-24(34)33-13-14-37-27(17-33,16-25(35)32-11-9-31(4)10-12-32)18-36-21-5-6-22(28)20(3)15-21/h5-6,15,19H,7-14,16-18H2,1-4H3/t27-/m1/s1. The fourth-order valence-corrected chi connectivity index (χ4v) is 4.76. The highest BCUT2D eigenvalue weighted by Crippen LogP contribution is 2.28. The number of piperazine rings is 1. The van der Waals surface area contributed by atoms with Crippen molar-refractivity contribution < 1.29 is 23.5 Å². The van der Waals surface area contributed by atoms with Crippen LogP contribution in [0.1, 0.15) is 50.0 Å². The smallest absolute Gasteiger partial charge is 0.225 e. The van der Waals surface area contributed by atoms with Gasteiger partial charge in [-0.3, -0.25) is 9.59 Å². The molecule has 2 amide bonds. The van der Waals surface area contributed by atoms with E-state index < -0.39 is 5.60 Å². The van der Waals surface area contributed by atoms with Gasteiger partial charge in [0.2, 0.25) is 23.6 Å². The molecular weight excluding hydrogens is 510 g/mol. The zero-order valence-electron chi connectivity index (χ0n) is 22.7. The summed E-state index contributed by atoms with van der Waals surface area (Å²) in [5.74, 6) is 1.76. The van der Waals surface area contributed by atoms with Crippen molar-refractivity contribution in [2.75, 3.05) is 59.5 Å². The number of benzene rings is 1. The van der Waals surface area contributed by atoms with Crippen molar-refractivity contribution in [3.63, 3.8) is 0 Å². The van der Waals surface area contributed by atoms with E-state index >= 15 is 0 Å². The van der Waals surface area contributed by atoms with Crippen LogP contribution >= 0.6 is 11.6 Å². The van der Waals surface area contributed by atoms with Crippen molar-refractivity contribution >= 4 is 23.4 Å². The van der Waals surface area contributed by atoms with Gasteiger partial charge in [0.15, 0.2) is 0 Å². The van der Waals surface area contributed by atoms with Gasteiger partial charge in [-0.15, -0.1) is 10.2 Å². The Kier molecular flexibility index (Phi) is 9.27. The molecule has 2 aliphatic heterocycles. The Morgan fingerprint density at radius 3 is 2.55 bits per heavy atom. The molecule has 208 valence electrons. The van der Waals surface area contributed by atoms with Crippen molar-refractivity contribution in [2.24, 2.45) is 0 Å². The van der Waals surface area contributed by atoms with E-state index in [2.05, 4.69) is 22.1 Å². The zero-order chi connectivity index (χ0) is 27.3. The van der Waals surface area contributed by atoms with Gasteiger partial charge in [0.25, 0.3) is 0 Å². The molecule has 0 radical (unpaired) electrons. The number of morpholine rings is 1. The summed E-state index contributed by atoms with van der Waals surface area (Å²) in [6, 6.07) is 5.45. The minimum Gasteiger partial charge on any atom is -0.490 e. The van der Waals surface area contributed by atoms with E-state index in [1.54, 1.807) is 17.0 Å². The summed E-state index contributed by atoms with van der Waals surface area (Å²) in [5.41, 5.74) is -0.0632. The number of likely N-dealkylation sites (N-methyl/N-ethyl adjacent to an activating group) is 1. The molecule has 0 aliphatic carbocycles. The average Bonchev–Trinajstić information content (AvgIpc) is 3.38. The van der Waals surface area contributed by atoms with Crippen LogP contribution in [0, 0.1) is 6.92 Å². The van der Waals surface area contributed by atoms with Gasteiger partial charge in [-0.05, 0) is 37.7 Å². The molecule has 3 heterocycles. The van der Waals surface area contributed by atoms with Gasteiger partial charge in [-0.2, -0.15) is 0 Å². The van der Waals surface area contributed by atoms with E-state index in [1.807, 2.05) is 31.7 Å². The number of rotatable bonds is 9. The summed E-state index contributed by atoms with van der Waals surface area (Å²) >= 11 is 6.17. The first-order valence-corrected chi connectivity index (χ1v) is 13.6. The second-order valence-electron chi connectivity index (χ2n) is 10.6. The van der Waals surface area contributed by atoms with E-state index in [1.165, 1.54) is 0 Å². The molecule has 10 nitrogen and oxygen atoms in total. The number of carbonyl (C=O) groups is 2. The Hall–Kier alpha value is -2.69. The Balaban J connectivity index is 1.44. The zero-order valence-corrected chi connectivity index (χ0v) is 23.5. The molecule has 2 fully saturated rings. The number of amides is 2. The third-order valence-electron chi connectivity index (χ3n) is 7.09. The quantitative estimate of drug-likeness (QED) is 0.472. The monoisotopic (exact) mass is 547 g/mol. The highest BCUT2D eigenvalue weighted by molar-refractivity contribution is 6.31. The molecule has 0 N–H and O–H groups in total. The van der Waals surface area contributed by atoms with Crippen LogP contribution in [-0.4, -0.2) is 102 Å². The summed E-state index contributed by atoms with van der Waals surface area (Å²) in [6.07, 6.45) is 0.734. The molecule has 2 aliphatic rings. The largest absolute Gasteiger partial charge is 0.490 e. The Morgan fingerprint density at radius 2 is 1.87 bits per heavy atom. The fraction of sp³-hybridized carbons (Fsp3) is 0.630. The molecule has 0 saturated carbocycles. The SMILES string of the molecule is Cc1cc(OC[C@@]2(CC(=O)N3CCN(C)CC3)CN(C(=O)CCc3nnc(C(C)C)o3)CCO2)ccc1Cl. The number of ether oxygens (including phenoxy) is 2. The number of hydrogen-bond acceptors (Lipinski definition) is 8. The normalized spacial score (nSPS) is 20.7. The van der Waals surface area contributed by atoms with Crippen LogP contribution in [0.25, 0.3) is 0 Å². The van der Waals surface area contributed by atoms with Crippen molar-refractivity contribution in [3.8, 4) is 5.75 Å². The maximum Gasteiger partial charge on any atom is 0.225 e. The lowest BCUT2D eigenvalue weighted by Crippen LogP contribution is -2.59. The number of aryl methyl sites for hydroxylation is 2. The molecular formula is C27H38ClN5O5. The van der Waals surface area contributed by atoms with E-state index in [-0.39, 0.29) is 43.7 Å². The van der Waals surface area contributed by atoms with Crippen LogP contribution < -0.4 is 4.74 Å². The topological polar surface area (TPSA) is 101 Å². The Labute approximate surface area is 229 Å². The van der Waals surface area contributed by atoms with Gasteiger partial charge in [0.05, 0.1) is 19.6 Å². The van der Waals surface area contributed by atoms with Gasteiger partial charge in [-0.1, -0.05) is 25.4 Å². The molecule has 1 aromatic carbocycles. The first kappa shape index (κ1) is 28.3. The highest BCUT2D eigenvalue weighted by atomic mass is 35.5. The summed E-state index contributed by atoms with van der Waals surface area (Å²) in [7, 11) is 2.05. The maximum atomic E-state index is 13.4. The Bertz CT molecular complexity index is 1120. The lowest BCUT2D eigenvalue weighted by atomic mass is 9.96. The Morgan fingerprint density at radius 1 is 1.11 bits per heavy atom. The number of hydrogen-bond donors (Lipinski definition) is 0. The van der Waals surface area contributed by atoms with E-state index in [9.17, 15) is 9.59 Å². The molecule has 2 aromatic rings. The summed E-state index contributed by atoms with van der Waals surface area (Å²) < 4.78 is 18.0. The van der Waals surface area contributed by atoms with Gasteiger partial charge in [0, 0.05) is 56.5 Å². The third kappa shape index (κ3) is 7.24. The van der Waals surface area contributed by atoms with Gasteiger partial charge >= 0.3 is 0 Å². The average molecular weight is 548 g/mol. The number of carbonyl (C=O) groups excluding carboxylic acids is 2. The van der Waals surface area contributed by atoms with E-state index in [4.69, 9.17) is 25.5 Å². The molecule has 1 aromatic heterocycles. The summed E-state index contributed by atoms with van der Waals surface area (Å²) in [4.78, 5) is 32.4. The number of nitrogens with zero attached hydrogens (tertiary/aromatic N) is 5. The molecule has 0 spiro atoms. The van der Waals surface area contributed by atoms with Crippen LogP contribution in [0.2, 0.25) is 5.02 Å². The van der Waals surface area contributed by atoms with E-state index in [0.717, 1.165) is 18.7 Å². The van der Waals surface area contributed by atoms with Crippen molar-refractivity contribution in [2.45, 2.75) is 51.6 Å². The number of halogens is 1. The van der Waals surface area contributed by atoms with Gasteiger partial charge in [-0.25, -0.2) is 0 Å². The third-order valence-corrected chi connectivity index (χ3v) is 7.52. The highest BCUT2D eigenvalue weighted by Gasteiger charge is 2.42. The first-order chi connectivity index (χ1) is 18.1. The van der Waals surface area contributed by atoms with Crippen LogP contribution in [0.4, 0.5) is 0 Å². The van der Waals surface area contributed by atoms with Gasteiger partial charge in [0.1, 0.15) is 18.0 Å². The second-order valence-corrected chi connectivity index (χ2v) is 11.0. The predicted octanol–water partition coefficient (Wildman–Crippen LogP) is 2.93. The summed E-state index contributed by atoms with van der Waals surface area (Å²) in [6.45, 7) is 10.1. The molecule has 1 atom stereocenters. The van der Waals surface area contributed by atoms with Crippen molar-refractivity contribution in [1.82, 2.24) is 24.9 Å². The van der Waals surface area contributed by atoms with Crippen LogP contribution in [0.5, 0.6) is 5.75 Å².